The molecule has 0 fully saturated rings. The predicted octanol–water partition coefficient (Wildman–Crippen LogP) is 7.66. The Labute approximate surface area is 177 Å². The maximum Gasteiger partial charge on any atom is 0.146 e. The number of para-hydroxylation sites is 1. The highest BCUT2D eigenvalue weighted by atomic mass is 79.9. The molecule has 1 nitrogen and oxygen atoms in total. The number of fused-ring (bicyclic) bond motifs is 9. The monoisotopic (exact) mass is 446 g/mol. The SMILES string of the molecule is Clc1ccc2c(c1)C1(C3=CCCC=C3c3ccccc31)c1cccc(Br)c1O2. The van der Waals surface area contributed by atoms with E-state index in [-0.39, 0.29) is 0 Å². The van der Waals surface area contributed by atoms with Crippen LogP contribution in [0, 0.1) is 0 Å². The van der Waals surface area contributed by atoms with Crippen LogP contribution in [0.2, 0.25) is 5.02 Å². The Balaban J connectivity index is 1.84. The van der Waals surface area contributed by atoms with Crippen LogP contribution in [0.4, 0.5) is 0 Å². The number of ether oxygens (including phenoxy) is 1. The zero-order valence-corrected chi connectivity index (χ0v) is 17.3. The van der Waals surface area contributed by atoms with E-state index in [2.05, 4.69) is 70.5 Å². The molecule has 0 amide bonds. The summed E-state index contributed by atoms with van der Waals surface area (Å²) < 4.78 is 7.36. The lowest BCUT2D eigenvalue weighted by Gasteiger charge is -2.40. The van der Waals surface area contributed by atoms with Gasteiger partial charge in [-0.25, -0.2) is 0 Å². The van der Waals surface area contributed by atoms with Crippen molar-refractivity contribution in [1.29, 1.82) is 0 Å². The summed E-state index contributed by atoms with van der Waals surface area (Å²) in [5.41, 5.74) is 7.20. The van der Waals surface area contributed by atoms with Crippen molar-refractivity contribution in [3.8, 4) is 11.5 Å². The molecule has 28 heavy (non-hydrogen) atoms. The Hall–Kier alpha value is -2.29. The molecule has 0 radical (unpaired) electrons. The van der Waals surface area contributed by atoms with Crippen molar-refractivity contribution in [2.75, 3.05) is 0 Å². The number of rotatable bonds is 0. The van der Waals surface area contributed by atoms with E-state index in [9.17, 15) is 0 Å². The molecule has 1 unspecified atom stereocenters. The average molecular weight is 448 g/mol. The van der Waals surface area contributed by atoms with E-state index in [0.29, 0.717) is 0 Å². The molecule has 1 heterocycles. The molecule has 0 saturated carbocycles. The van der Waals surface area contributed by atoms with Crippen LogP contribution in [-0.4, -0.2) is 0 Å². The van der Waals surface area contributed by atoms with Crippen LogP contribution in [0.15, 0.2) is 82.9 Å². The fraction of sp³-hybridized carbons (Fsp3) is 0.120. The summed E-state index contributed by atoms with van der Waals surface area (Å²) in [5, 5.41) is 0.728. The summed E-state index contributed by atoms with van der Waals surface area (Å²) in [4.78, 5) is 0. The lowest BCUT2D eigenvalue weighted by Crippen LogP contribution is -2.32. The molecular formula is C25H16BrClO. The Bertz CT molecular complexity index is 1220. The highest BCUT2D eigenvalue weighted by Crippen LogP contribution is 2.64. The van der Waals surface area contributed by atoms with Gasteiger partial charge >= 0.3 is 0 Å². The van der Waals surface area contributed by atoms with Gasteiger partial charge < -0.3 is 4.74 Å². The Morgan fingerprint density at radius 1 is 0.857 bits per heavy atom. The Kier molecular flexibility index (Phi) is 3.48. The summed E-state index contributed by atoms with van der Waals surface area (Å²) in [7, 11) is 0. The van der Waals surface area contributed by atoms with E-state index in [1.165, 1.54) is 27.8 Å². The zero-order chi connectivity index (χ0) is 18.9. The molecule has 1 aliphatic heterocycles. The number of halogens is 2. The van der Waals surface area contributed by atoms with E-state index < -0.39 is 5.41 Å². The van der Waals surface area contributed by atoms with Gasteiger partial charge in [0.25, 0.3) is 0 Å². The second-order valence-electron chi connectivity index (χ2n) is 7.47. The van der Waals surface area contributed by atoms with Crippen molar-refractivity contribution >= 4 is 33.1 Å². The van der Waals surface area contributed by atoms with Crippen LogP contribution in [0.1, 0.15) is 35.1 Å². The molecular weight excluding hydrogens is 432 g/mol. The zero-order valence-electron chi connectivity index (χ0n) is 15.0. The number of hydrogen-bond donors (Lipinski definition) is 0. The minimum absolute atomic E-state index is 0.402. The summed E-state index contributed by atoms with van der Waals surface area (Å²) in [6.45, 7) is 0. The maximum atomic E-state index is 6.50. The largest absolute Gasteiger partial charge is 0.455 e. The average Bonchev–Trinajstić information content (AvgIpc) is 3.01. The number of hydrogen-bond acceptors (Lipinski definition) is 1. The number of allylic oxidation sites excluding steroid dienone is 4. The molecule has 0 saturated heterocycles. The molecule has 3 aromatic rings. The first-order chi connectivity index (χ1) is 13.7. The van der Waals surface area contributed by atoms with E-state index in [1.807, 2.05) is 18.2 Å². The first-order valence-corrected chi connectivity index (χ1v) is 10.7. The van der Waals surface area contributed by atoms with Crippen LogP contribution < -0.4 is 4.74 Å². The van der Waals surface area contributed by atoms with Crippen LogP contribution >= 0.6 is 27.5 Å². The molecule has 1 spiro atoms. The molecule has 0 N–H and O–H groups in total. The van der Waals surface area contributed by atoms with Crippen molar-refractivity contribution < 1.29 is 4.74 Å². The van der Waals surface area contributed by atoms with Crippen molar-refractivity contribution in [3.63, 3.8) is 0 Å². The first kappa shape index (κ1) is 16.6. The normalized spacial score (nSPS) is 21.1. The fourth-order valence-corrected chi connectivity index (χ4v) is 5.72. The lowest BCUT2D eigenvalue weighted by atomic mass is 9.65. The smallest absolute Gasteiger partial charge is 0.146 e. The molecule has 0 aromatic heterocycles. The lowest BCUT2D eigenvalue weighted by molar-refractivity contribution is 0.433. The van der Waals surface area contributed by atoms with Gasteiger partial charge in [0.05, 0.1) is 9.89 Å². The van der Waals surface area contributed by atoms with Gasteiger partial charge in [-0.2, -0.15) is 0 Å². The van der Waals surface area contributed by atoms with Crippen LogP contribution in [0.5, 0.6) is 11.5 Å². The van der Waals surface area contributed by atoms with Gasteiger partial charge in [0, 0.05) is 16.1 Å². The van der Waals surface area contributed by atoms with Gasteiger partial charge in [0.15, 0.2) is 0 Å². The third-order valence-corrected chi connectivity index (χ3v) is 6.97. The molecule has 0 bridgehead atoms. The van der Waals surface area contributed by atoms with Crippen molar-refractivity contribution in [2.45, 2.75) is 18.3 Å². The van der Waals surface area contributed by atoms with E-state index in [1.54, 1.807) is 0 Å². The quantitative estimate of drug-likeness (QED) is 0.344. The minimum atomic E-state index is -0.402. The highest BCUT2D eigenvalue weighted by molar-refractivity contribution is 9.10. The Morgan fingerprint density at radius 3 is 2.61 bits per heavy atom. The molecule has 3 aromatic carbocycles. The van der Waals surface area contributed by atoms with E-state index >= 15 is 0 Å². The fourth-order valence-electron chi connectivity index (χ4n) is 5.10. The summed E-state index contributed by atoms with van der Waals surface area (Å²) >= 11 is 10.2. The highest BCUT2D eigenvalue weighted by Gasteiger charge is 2.53. The van der Waals surface area contributed by atoms with E-state index in [4.69, 9.17) is 16.3 Å². The molecule has 6 rings (SSSR count). The molecule has 3 heteroatoms. The van der Waals surface area contributed by atoms with Crippen LogP contribution in [-0.2, 0) is 5.41 Å². The van der Waals surface area contributed by atoms with Crippen LogP contribution in [0.25, 0.3) is 5.57 Å². The van der Waals surface area contributed by atoms with Gasteiger partial charge in [0.1, 0.15) is 11.5 Å². The molecule has 136 valence electrons. The standard InChI is InChI=1S/C25H16BrClO/c26-22-11-5-10-20-24(22)28-23-13-12-15(27)14-21(23)25(20)18-8-3-1-6-16(18)17-7-2-4-9-19(17)25/h1,3,5-14H,2,4H2. The maximum absolute atomic E-state index is 6.50. The van der Waals surface area contributed by atoms with Gasteiger partial charge in [-0.15, -0.1) is 0 Å². The summed E-state index contributed by atoms with van der Waals surface area (Å²) in [6, 6.07) is 21.1. The minimum Gasteiger partial charge on any atom is -0.455 e. The second-order valence-corrected chi connectivity index (χ2v) is 8.76. The van der Waals surface area contributed by atoms with Crippen molar-refractivity contribution in [3.05, 3.63) is 110 Å². The summed E-state index contributed by atoms with van der Waals surface area (Å²) in [5.74, 6) is 1.76. The first-order valence-electron chi connectivity index (χ1n) is 9.49. The summed E-state index contributed by atoms with van der Waals surface area (Å²) in [6.07, 6.45) is 6.93. The van der Waals surface area contributed by atoms with E-state index in [0.717, 1.165) is 39.4 Å². The van der Waals surface area contributed by atoms with Gasteiger partial charge in [0.2, 0.25) is 0 Å². The van der Waals surface area contributed by atoms with Crippen LogP contribution in [0.3, 0.4) is 0 Å². The Morgan fingerprint density at radius 2 is 1.68 bits per heavy atom. The third-order valence-electron chi connectivity index (χ3n) is 6.11. The van der Waals surface area contributed by atoms with Crippen molar-refractivity contribution in [2.24, 2.45) is 0 Å². The molecule has 3 aliphatic rings. The molecule has 2 aliphatic carbocycles. The second kappa shape index (κ2) is 5.85. The topological polar surface area (TPSA) is 9.23 Å². The van der Waals surface area contributed by atoms with Gasteiger partial charge in [-0.3, -0.25) is 0 Å². The van der Waals surface area contributed by atoms with Gasteiger partial charge in [-0.05, 0) is 75.3 Å². The number of benzene rings is 3. The van der Waals surface area contributed by atoms with Crippen molar-refractivity contribution in [1.82, 2.24) is 0 Å². The third kappa shape index (κ3) is 1.97. The van der Waals surface area contributed by atoms with Gasteiger partial charge in [-0.1, -0.05) is 60.2 Å². The predicted molar refractivity (Wildman–Crippen MR) is 117 cm³/mol. The molecule has 1 atom stereocenters.